The van der Waals surface area contributed by atoms with Crippen LogP contribution in [0.5, 0.6) is 0 Å². The summed E-state index contributed by atoms with van der Waals surface area (Å²) in [4.78, 5) is 0. The van der Waals surface area contributed by atoms with Crippen LogP contribution in [0, 0.1) is 11.8 Å². The number of hydrogen-bond donors (Lipinski definition) is 0. The van der Waals surface area contributed by atoms with E-state index in [1.54, 1.807) is 0 Å². The Kier molecular flexibility index (Phi) is 3.98. The van der Waals surface area contributed by atoms with Gasteiger partial charge in [-0.1, -0.05) is 54.3 Å². The quantitative estimate of drug-likeness (QED) is 0.591. The summed E-state index contributed by atoms with van der Waals surface area (Å²) in [5, 5.41) is 2.22. The van der Waals surface area contributed by atoms with E-state index in [-0.39, 0.29) is 6.67 Å². The summed E-state index contributed by atoms with van der Waals surface area (Å²) >= 11 is 0. The maximum Gasteiger partial charge on any atom is 0.0935 e. The molecule has 3 aromatic carbocycles. The molecule has 0 fully saturated rings. The molecule has 0 aliphatic heterocycles. The van der Waals surface area contributed by atoms with Crippen LogP contribution in [-0.4, -0.2) is 6.67 Å². The van der Waals surface area contributed by atoms with E-state index in [4.69, 9.17) is 0 Å². The molecule has 0 saturated carbocycles. The number of halogens is 1. The smallest absolute Gasteiger partial charge is 0.0935 e. The Morgan fingerprint density at radius 2 is 1.48 bits per heavy atom. The molecule has 0 spiro atoms. The maximum atomic E-state index is 12.8. The summed E-state index contributed by atoms with van der Waals surface area (Å²) in [6.07, 6.45) is 0.432. The summed E-state index contributed by atoms with van der Waals surface area (Å²) < 4.78 is 12.8. The molecule has 0 aliphatic rings. The lowest BCUT2D eigenvalue weighted by Gasteiger charge is -2.06. The molecule has 0 unspecified atom stereocenters. The highest BCUT2D eigenvalue weighted by molar-refractivity contribution is 5.87. The fourth-order valence-electron chi connectivity index (χ4n) is 2.44. The van der Waals surface area contributed by atoms with Gasteiger partial charge in [0.25, 0.3) is 0 Å². The zero-order valence-electron chi connectivity index (χ0n) is 11.6. The summed E-state index contributed by atoms with van der Waals surface area (Å²) in [5.74, 6) is 6.33. The van der Waals surface area contributed by atoms with Crippen molar-refractivity contribution in [2.24, 2.45) is 0 Å². The Bertz CT molecular complexity index is 807. The first-order valence-corrected chi connectivity index (χ1v) is 7.01. The van der Waals surface area contributed by atoms with E-state index < -0.39 is 0 Å². The monoisotopic (exact) mass is 274 g/mol. The second-order valence-corrected chi connectivity index (χ2v) is 4.91. The van der Waals surface area contributed by atoms with Crippen molar-refractivity contribution in [2.45, 2.75) is 6.42 Å². The molecule has 21 heavy (non-hydrogen) atoms. The summed E-state index contributed by atoms with van der Waals surface area (Å²) in [7, 11) is 0. The molecule has 3 rings (SSSR count). The van der Waals surface area contributed by atoms with E-state index in [2.05, 4.69) is 17.9 Å². The van der Waals surface area contributed by atoms with Crippen LogP contribution in [0.2, 0.25) is 0 Å². The van der Waals surface area contributed by atoms with E-state index in [1.165, 1.54) is 0 Å². The third kappa shape index (κ3) is 3.12. The first-order valence-electron chi connectivity index (χ1n) is 7.01. The third-order valence-corrected chi connectivity index (χ3v) is 3.44. The highest BCUT2D eigenvalue weighted by atomic mass is 19.1. The zero-order chi connectivity index (χ0) is 14.5. The molecule has 102 valence electrons. The molecular formula is C20H15F. The van der Waals surface area contributed by atoms with Crippen LogP contribution in [0.15, 0.2) is 66.7 Å². The van der Waals surface area contributed by atoms with E-state index in [0.717, 1.165) is 27.5 Å². The number of benzene rings is 3. The van der Waals surface area contributed by atoms with Gasteiger partial charge in [-0.2, -0.15) is 0 Å². The molecule has 0 nitrogen and oxygen atoms in total. The summed E-state index contributed by atoms with van der Waals surface area (Å²) in [5.41, 5.74) is 2.94. The fourth-order valence-corrected chi connectivity index (χ4v) is 2.44. The molecule has 0 aromatic heterocycles. The van der Waals surface area contributed by atoms with Gasteiger partial charge in [0.1, 0.15) is 0 Å². The van der Waals surface area contributed by atoms with Crippen molar-refractivity contribution >= 4 is 10.8 Å². The lowest BCUT2D eigenvalue weighted by atomic mass is 9.99. The molecular weight excluding hydrogens is 259 g/mol. The van der Waals surface area contributed by atoms with Gasteiger partial charge in [0.2, 0.25) is 0 Å². The largest absolute Gasteiger partial charge is 0.251 e. The minimum atomic E-state index is -0.348. The lowest BCUT2D eigenvalue weighted by molar-refractivity contribution is 0.496. The standard InChI is InChI=1S/C20H15F/c21-13-12-19-15-17(11-10-16-6-2-1-3-7-16)14-18-8-4-5-9-20(18)19/h1-9,14-15H,12-13H2. The molecule has 0 atom stereocenters. The Labute approximate surface area is 124 Å². The number of hydrogen-bond acceptors (Lipinski definition) is 0. The van der Waals surface area contributed by atoms with Gasteiger partial charge in [0.15, 0.2) is 0 Å². The molecule has 3 aromatic rings. The predicted octanol–water partition coefficient (Wildman–Crippen LogP) is 4.75. The number of alkyl halides is 1. The zero-order valence-corrected chi connectivity index (χ0v) is 11.6. The van der Waals surface area contributed by atoms with Crippen molar-refractivity contribution in [2.75, 3.05) is 6.67 Å². The predicted molar refractivity (Wildman–Crippen MR) is 86.0 cm³/mol. The summed E-state index contributed by atoms with van der Waals surface area (Å²) in [6, 6.07) is 22.0. The Morgan fingerprint density at radius 3 is 2.29 bits per heavy atom. The average Bonchev–Trinajstić information content (AvgIpc) is 2.54. The van der Waals surface area contributed by atoms with Gasteiger partial charge in [0, 0.05) is 17.5 Å². The van der Waals surface area contributed by atoms with Crippen molar-refractivity contribution in [3.8, 4) is 11.8 Å². The fraction of sp³-hybridized carbons (Fsp3) is 0.100. The van der Waals surface area contributed by atoms with E-state index >= 15 is 0 Å². The average molecular weight is 274 g/mol. The molecule has 0 amide bonds. The van der Waals surface area contributed by atoms with Gasteiger partial charge in [-0.3, -0.25) is 4.39 Å². The van der Waals surface area contributed by atoms with E-state index in [0.29, 0.717) is 6.42 Å². The minimum absolute atomic E-state index is 0.348. The minimum Gasteiger partial charge on any atom is -0.251 e. The van der Waals surface area contributed by atoms with Gasteiger partial charge in [-0.05, 0) is 40.6 Å². The van der Waals surface area contributed by atoms with Gasteiger partial charge in [0.05, 0.1) is 6.67 Å². The van der Waals surface area contributed by atoms with Crippen LogP contribution in [0.1, 0.15) is 16.7 Å². The topological polar surface area (TPSA) is 0 Å². The first-order chi connectivity index (χ1) is 10.4. The van der Waals surface area contributed by atoms with Gasteiger partial charge in [-0.15, -0.1) is 0 Å². The SMILES string of the molecule is FCCc1cc(C#Cc2ccccc2)cc2ccccc12. The van der Waals surface area contributed by atoms with Crippen molar-refractivity contribution < 1.29 is 4.39 Å². The van der Waals surface area contributed by atoms with Crippen LogP contribution in [0.4, 0.5) is 4.39 Å². The van der Waals surface area contributed by atoms with Crippen molar-refractivity contribution in [3.63, 3.8) is 0 Å². The molecule has 1 heteroatoms. The Balaban J connectivity index is 2.05. The maximum absolute atomic E-state index is 12.8. The molecule has 0 bridgehead atoms. The third-order valence-electron chi connectivity index (χ3n) is 3.44. The second kappa shape index (κ2) is 6.24. The molecule has 0 heterocycles. The Morgan fingerprint density at radius 1 is 0.762 bits per heavy atom. The molecule has 0 N–H and O–H groups in total. The number of rotatable bonds is 2. The van der Waals surface area contributed by atoms with Crippen LogP contribution in [-0.2, 0) is 6.42 Å². The number of fused-ring (bicyclic) bond motifs is 1. The van der Waals surface area contributed by atoms with E-state index in [1.807, 2.05) is 60.7 Å². The molecule has 0 aliphatic carbocycles. The van der Waals surface area contributed by atoms with Crippen molar-refractivity contribution in [1.82, 2.24) is 0 Å². The van der Waals surface area contributed by atoms with Crippen LogP contribution in [0.3, 0.4) is 0 Å². The summed E-state index contributed by atoms with van der Waals surface area (Å²) in [6.45, 7) is -0.348. The van der Waals surface area contributed by atoms with Crippen molar-refractivity contribution in [1.29, 1.82) is 0 Å². The van der Waals surface area contributed by atoms with Gasteiger partial charge in [-0.25, -0.2) is 0 Å². The highest BCUT2D eigenvalue weighted by Gasteiger charge is 2.02. The highest BCUT2D eigenvalue weighted by Crippen LogP contribution is 2.21. The number of aryl methyl sites for hydroxylation is 1. The normalized spacial score (nSPS) is 10.1. The van der Waals surface area contributed by atoms with Gasteiger partial charge >= 0.3 is 0 Å². The van der Waals surface area contributed by atoms with Crippen LogP contribution in [0.25, 0.3) is 10.8 Å². The van der Waals surface area contributed by atoms with Crippen LogP contribution < -0.4 is 0 Å². The van der Waals surface area contributed by atoms with Crippen molar-refractivity contribution in [3.05, 3.63) is 83.4 Å². The molecule has 0 radical (unpaired) electrons. The Hall–Kier alpha value is -2.59. The van der Waals surface area contributed by atoms with E-state index in [9.17, 15) is 4.39 Å². The second-order valence-electron chi connectivity index (χ2n) is 4.91. The molecule has 0 saturated heterocycles. The lowest BCUT2D eigenvalue weighted by Crippen LogP contribution is -1.91. The first kappa shape index (κ1) is 13.4. The van der Waals surface area contributed by atoms with Gasteiger partial charge < -0.3 is 0 Å². The van der Waals surface area contributed by atoms with Crippen LogP contribution >= 0.6 is 0 Å².